The monoisotopic (exact) mass is 334 g/mol. The van der Waals surface area contributed by atoms with Gasteiger partial charge in [-0.15, -0.1) is 0 Å². The third kappa shape index (κ3) is 3.92. The number of carbonyl (C=O) groups is 2. The number of anilines is 2. The molecule has 6 nitrogen and oxygen atoms in total. The van der Waals surface area contributed by atoms with Crippen molar-refractivity contribution in [3.63, 3.8) is 0 Å². The van der Waals surface area contributed by atoms with Crippen molar-refractivity contribution in [1.29, 1.82) is 0 Å². The number of aryl methyl sites for hydroxylation is 1. The fourth-order valence-corrected chi connectivity index (χ4v) is 2.42. The van der Waals surface area contributed by atoms with Gasteiger partial charge < -0.3 is 15.2 Å². The number of nitrogens with one attached hydrogen (secondary N) is 2. The summed E-state index contributed by atoms with van der Waals surface area (Å²) in [7, 11) is 0. The molecule has 0 fully saturated rings. The highest BCUT2D eigenvalue weighted by atomic mass is 16.2. The Bertz CT molecular complexity index is 900. The van der Waals surface area contributed by atoms with Crippen molar-refractivity contribution in [3.8, 4) is 5.69 Å². The average Bonchev–Trinajstić information content (AvgIpc) is 3.11. The van der Waals surface area contributed by atoms with E-state index in [1.807, 2.05) is 48.0 Å². The van der Waals surface area contributed by atoms with Gasteiger partial charge in [0.25, 0.3) is 5.91 Å². The Labute approximate surface area is 145 Å². The zero-order valence-corrected chi connectivity index (χ0v) is 14.0. The Balaban J connectivity index is 1.75. The minimum atomic E-state index is -0.234. The van der Waals surface area contributed by atoms with Gasteiger partial charge in [0.2, 0.25) is 5.91 Å². The molecule has 0 aliphatic carbocycles. The first-order valence-corrected chi connectivity index (χ1v) is 7.81. The van der Waals surface area contributed by atoms with Crippen LogP contribution in [0.1, 0.15) is 22.8 Å². The van der Waals surface area contributed by atoms with Crippen molar-refractivity contribution in [3.05, 3.63) is 72.3 Å². The van der Waals surface area contributed by atoms with Crippen LogP contribution in [0.15, 0.2) is 61.2 Å². The molecular weight excluding hydrogens is 316 g/mol. The van der Waals surface area contributed by atoms with E-state index in [1.54, 1.807) is 24.7 Å². The number of aromatic nitrogens is 2. The van der Waals surface area contributed by atoms with E-state index >= 15 is 0 Å². The molecule has 2 N–H and O–H groups in total. The lowest BCUT2D eigenvalue weighted by molar-refractivity contribution is -0.114. The quantitative estimate of drug-likeness (QED) is 0.768. The third-order valence-corrected chi connectivity index (χ3v) is 3.74. The highest BCUT2D eigenvalue weighted by Crippen LogP contribution is 2.19. The van der Waals surface area contributed by atoms with Gasteiger partial charge in [0.1, 0.15) is 0 Å². The Morgan fingerprint density at radius 3 is 2.44 bits per heavy atom. The fraction of sp³-hybridized carbons (Fsp3) is 0.105. The molecule has 1 aromatic heterocycles. The minimum Gasteiger partial charge on any atom is -0.326 e. The van der Waals surface area contributed by atoms with E-state index in [1.165, 1.54) is 6.92 Å². The molecule has 0 spiro atoms. The molecule has 25 heavy (non-hydrogen) atoms. The standard InChI is InChI=1S/C19H18N4O2/c1-13-3-4-15(11-18(13)21-14(2)24)19(25)22-16-5-7-17(8-6-16)23-10-9-20-12-23/h3-12H,1-2H3,(H,21,24)(H,22,25). The number of nitrogens with zero attached hydrogens (tertiary/aromatic N) is 2. The van der Waals surface area contributed by atoms with E-state index in [0.717, 1.165) is 11.3 Å². The Morgan fingerprint density at radius 2 is 1.80 bits per heavy atom. The second-order valence-electron chi connectivity index (χ2n) is 5.68. The molecule has 126 valence electrons. The molecule has 0 radical (unpaired) electrons. The minimum absolute atomic E-state index is 0.171. The maximum absolute atomic E-state index is 12.4. The number of benzene rings is 2. The Hall–Kier alpha value is -3.41. The zero-order valence-electron chi connectivity index (χ0n) is 14.0. The maximum Gasteiger partial charge on any atom is 0.255 e. The molecule has 0 saturated heterocycles. The van der Waals surface area contributed by atoms with Gasteiger partial charge in [-0.05, 0) is 48.9 Å². The topological polar surface area (TPSA) is 76.0 Å². The van der Waals surface area contributed by atoms with Crippen LogP contribution in [0.5, 0.6) is 0 Å². The molecule has 0 unspecified atom stereocenters. The van der Waals surface area contributed by atoms with Crippen molar-refractivity contribution in [2.75, 3.05) is 10.6 Å². The van der Waals surface area contributed by atoms with Crippen LogP contribution in [-0.2, 0) is 4.79 Å². The molecule has 0 aliphatic rings. The summed E-state index contributed by atoms with van der Waals surface area (Å²) in [6.45, 7) is 3.32. The molecule has 0 aliphatic heterocycles. The summed E-state index contributed by atoms with van der Waals surface area (Å²) in [5, 5.41) is 5.58. The van der Waals surface area contributed by atoms with Crippen molar-refractivity contribution in [1.82, 2.24) is 9.55 Å². The van der Waals surface area contributed by atoms with Crippen LogP contribution in [0, 0.1) is 6.92 Å². The molecule has 0 saturated carbocycles. The zero-order chi connectivity index (χ0) is 17.8. The van der Waals surface area contributed by atoms with Gasteiger partial charge in [-0.25, -0.2) is 4.98 Å². The lowest BCUT2D eigenvalue weighted by Crippen LogP contribution is -2.13. The van der Waals surface area contributed by atoms with Crippen LogP contribution < -0.4 is 10.6 Å². The number of imidazole rings is 1. The van der Waals surface area contributed by atoms with Gasteiger partial charge in [0, 0.05) is 41.9 Å². The van der Waals surface area contributed by atoms with Gasteiger partial charge in [-0.3, -0.25) is 9.59 Å². The van der Waals surface area contributed by atoms with Crippen molar-refractivity contribution >= 4 is 23.2 Å². The first-order valence-electron chi connectivity index (χ1n) is 7.81. The Morgan fingerprint density at radius 1 is 1.04 bits per heavy atom. The van der Waals surface area contributed by atoms with E-state index in [9.17, 15) is 9.59 Å². The second kappa shape index (κ2) is 7.00. The average molecular weight is 334 g/mol. The van der Waals surface area contributed by atoms with Gasteiger partial charge in [0.05, 0.1) is 6.33 Å². The molecule has 3 aromatic rings. The number of hydrogen-bond acceptors (Lipinski definition) is 3. The van der Waals surface area contributed by atoms with Crippen molar-refractivity contribution in [2.45, 2.75) is 13.8 Å². The number of carbonyl (C=O) groups excluding carboxylic acids is 2. The molecular formula is C19H18N4O2. The largest absolute Gasteiger partial charge is 0.326 e. The number of amides is 2. The molecule has 3 rings (SSSR count). The summed E-state index contributed by atoms with van der Waals surface area (Å²) in [6.07, 6.45) is 5.27. The summed E-state index contributed by atoms with van der Waals surface area (Å²) in [5.74, 6) is -0.405. The van der Waals surface area contributed by atoms with Gasteiger partial charge in [-0.1, -0.05) is 6.07 Å². The molecule has 2 aromatic carbocycles. The van der Waals surface area contributed by atoms with Crippen LogP contribution in [0.4, 0.5) is 11.4 Å². The predicted octanol–water partition coefficient (Wildman–Crippen LogP) is 3.39. The summed E-state index contributed by atoms with van der Waals surface area (Å²) in [6, 6.07) is 12.7. The highest BCUT2D eigenvalue weighted by molar-refractivity contribution is 6.05. The van der Waals surface area contributed by atoms with E-state index in [-0.39, 0.29) is 11.8 Å². The molecule has 0 bridgehead atoms. The van der Waals surface area contributed by atoms with Crippen LogP contribution >= 0.6 is 0 Å². The predicted molar refractivity (Wildman–Crippen MR) is 97.0 cm³/mol. The SMILES string of the molecule is CC(=O)Nc1cc(C(=O)Nc2ccc(-n3ccnc3)cc2)ccc1C. The van der Waals surface area contributed by atoms with Gasteiger partial charge in [0.15, 0.2) is 0 Å². The van der Waals surface area contributed by atoms with Gasteiger partial charge >= 0.3 is 0 Å². The number of rotatable bonds is 4. The van der Waals surface area contributed by atoms with E-state index in [2.05, 4.69) is 15.6 Å². The van der Waals surface area contributed by atoms with Crippen LogP contribution in [0.3, 0.4) is 0 Å². The van der Waals surface area contributed by atoms with Crippen molar-refractivity contribution in [2.24, 2.45) is 0 Å². The van der Waals surface area contributed by atoms with Crippen LogP contribution in [0.2, 0.25) is 0 Å². The van der Waals surface area contributed by atoms with Crippen molar-refractivity contribution < 1.29 is 9.59 Å². The fourth-order valence-electron chi connectivity index (χ4n) is 2.42. The van der Waals surface area contributed by atoms with Crippen LogP contribution in [-0.4, -0.2) is 21.4 Å². The lowest BCUT2D eigenvalue weighted by Gasteiger charge is -2.10. The third-order valence-electron chi connectivity index (χ3n) is 3.74. The first-order chi connectivity index (χ1) is 12.0. The first kappa shape index (κ1) is 16.4. The molecule has 0 atom stereocenters. The Kier molecular flexibility index (Phi) is 4.61. The van der Waals surface area contributed by atoms with E-state index < -0.39 is 0 Å². The molecule has 6 heteroatoms. The smallest absolute Gasteiger partial charge is 0.255 e. The van der Waals surface area contributed by atoms with Crippen LogP contribution in [0.25, 0.3) is 5.69 Å². The summed E-state index contributed by atoms with van der Waals surface area (Å²) >= 11 is 0. The summed E-state index contributed by atoms with van der Waals surface area (Å²) < 4.78 is 1.88. The van der Waals surface area contributed by atoms with Gasteiger partial charge in [-0.2, -0.15) is 0 Å². The highest BCUT2D eigenvalue weighted by Gasteiger charge is 2.09. The second-order valence-corrected chi connectivity index (χ2v) is 5.68. The summed E-state index contributed by atoms with van der Waals surface area (Å²) in [5.41, 5.74) is 3.66. The molecule has 1 heterocycles. The maximum atomic E-state index is 12.4. The normalized spacial score (nSPS) is 10.3. The van der Waals surface area contributed by atoms with E-state index in [4.69, 9.17) is 0 Å². The number of hydrogen-bond donors (Lipinski definition) is 2. The molecule has 2 amide bonds. The van der Waals surface area contributed by atoms with E-state index in [0.29, 0.717) is 16.9 Å². The lowest BCUT2D eigenvalue weighted by atomic mass is 10.1. The summed E-state index contributed by atoms with van der Waals surface area (Å²) in [4.78, 5) is 27.7.